The second-order valence-electron chi connectivity index (χ2n) is 6.14. The van der Waals surface area contributed by atoms with Crippen molar-refractivity contribution in [2.75, 3.05) is 53.9 Å². The molecule has 0 aliphatic carbocycles. The van der Waals surface area contributed by atoms with Crippen molar-refractivity contribution in [3.63, 3.8) is 0 Å². The van der Waals surface area contributed by atoms with Crippen LogP contribution in [0, 0.1) is 0 Å². The maximum absolute atomic E-state index is 12.1. The Hall–Kier alpha value is -0.650. The van der Waals surface area contributed by atoms with Crippen molar-refractivity contribution in [2.45, 2.75) is 25.4 Å². The summed E-state index contributed by atoms with van der Waals surface area (Å²) in [6.07, 6.45) is 2.91. The number of carbonyl (C=O) groups is 1. The fraction of sp³-hybridized carbons (Fsp3) is 0.923. The van der Waals surface area contributed by atoms with Crippen LogP contribution >= 0.6 is 0 Å². The smallest absolute Gasteiger partial charge is 0.225 e. The minimum Gasteiger partial charge on any atom is -0.375 e. The molecule has 2 saturated heterocycles. The number of nitrogens with zero attached hydrogens (tertiary/aromatic N) is 3. The highest BCUT2D eigenvalue weighted by Crippen LogP contribution is 2.16. The van der Waals surface area contributed by atoms with Gasteiger partial charge < -0.3 is 9.64 Å². The number of carbonyl (C=O) groups excluding carboxylic acids is 1. The van der Waals surface area contributed by atoms with E-state index in [0.717, 1.165) is 50.2 Å². The standard InChI is InChI=1S/C13H26N3O2/c1-16(2,3)15-8-9-18-12(11-15)10-13(17)14-6-4-5-7-14/h12H,4-11H2,1-3H3/q+1. The topological polar surface area (TPSA) is 32.8 Å². The molecule has 104 valence electrons. The summed E-state index contributed by atoms with van der Waals surface area (Å²) in [5, 5.41) is 2.35. The fourth-order valence-corrected chi connectivity index (χ4v) is 2.66. The number of hydrogen-bond acceptors (Lipinski definition) is 3. The second-order valence-corrected chi connectivity index (χ2v) is 6.14. The predicted molar refractivity (Wildman–Crippen MR) is 69.8 cm³/mol. The van der Waals surface area contributed by atoms with Crippen LogP contribution in [0.15, 0.2) is 0 Å². The minimum absolute atomic E-state index is 0.0594. The molecule has 5 heteroatoms. The van der Waals surface area contributed by atoms with Gasteiger partial charge in [0, 0.05) is 13.1 Å². The lowest BCUT2D eigenvalue weighted by molar-refractivity contribution is -0.988. The zero-order valence-electron chi connectivity index (χ0n) is 11.9. The van der Waals surface area contributed by atoms with Crippen molar-refractivity contribution >= 4 is 5.91 Å². The molecule has 2 heterocycles. The molecule has 0 spiro atoms. The first-order chi connectivity index (χ1) is 8.47. The number of amides is 1. The van der Waals surface area contributed by atoms with Crippen molar-refractivity contribution in [2.24, 2.45) is 0 Å². The predicted octanol–water partition coefficient (Wildman–Crippen LogP) is 0.321. The molecule has 0 radical (unpaired) electrons. The molecule has 2 aliphatic heterocycles. The van der Waals surface area contributed by atoms with Gasteiger partial charge in [0.25, 0.3) is 0 Å². The largest absolute Gasteiger partial charge is 0.375 e. The molecule has 0 bridgehead atoms. The summed E-state index contributed by atoms with van der Waals surface area (Å²) in [6.45, 7) is 4.39. The van der Waals surface area contributed by atoms with Crippen LogP contribution in [0.2, 0.25) is 0 Å². The van der Waals surface area contributed by atoms with Crippen molar-refractivity contribution in [3.05, 3.63) is 0 Å². The van der Waals surface area contributed by atoms with Gasteiger partial charge in [-0.2, -0.15) is 5.01 Å². The number of rotatable bonds is 3. The van der Waals surface area contributed by atoms with Gasteiger partial charge in [0.15, 0.2) is 0 Å². The minimum atomic E-state index is 0.0594. The molecule has 0 saturated carbocycles. The molecule has 0 aromatic carbocycles. The summed E-state index contributed by atoms with van der Waals surface area (Å²) in [7, 11) is 6.47. The molecule has 0 N–H and O–H groups in total. The van der Waals surface area contributed by atoms with Gasteiger partial charge in [0.05, 0.1) is 53.4 Å². The Morgan fingerprint density at radius 1 is 1.22 bits per heavy atom. The average Bonchev–Trinajstić information content (AvgIpc) is 2.81. The lowest BCUT2D eigenvalue weighted by atomic mass is 10.2. The van der Waals surface area contributed by atoms with E-state index in [1.807, 2.05) is 4.90 Å². The maximum atomic E-state index is 12.1. The zero-order chi connectivity index (χ0) is 13.2. The van der Waals surface area contributed by atoms with E-state index >= 15 is 0 Å². The van der Waals surface area contributed by atoms with Crippen LogP contribution < -0.4 is 0 Å². The Kier molecular flexibility index (Phi) is 4.25. The summed E-state index contributed by atoms with van der Waals surface area (Å²) in [6, 6.07) is 0. The first-order valence-corrected chi connectivity index (χ1v) is 6.93. The molecular weight excluding hydrogens is 230 g/mol. The van der Waals surface area contributed by atoms with Crippen LogP contribution in [0.1, 0.15) is 19.3 Å². The van der Waals surface area contributed by atoms with Crippen LogP contribution in [0.3, 0.4) is 0 Å². The van der Waals surface area contributed by atoms with Gasteiger partial charge in [-0.1, -0.05) is 0 Å². The van der Waals surface area contributed by atoms with E-state index < -0.39 is 0 Å². The van der Waals surface area contributed by atoms with Gasteiger partial charge in [0.2, 0.25) is 5.91 Å². The highest BCUT2D eigenvalue weighted by Gasteiger charge is 2.31. The molecule has 1 amide bonds. The Balaban J connectivity index is 1.83. The molecule has 18 heavy (non-hydrogen) atoms. The van der Waals surface area contributed by atoms with Gasteiger partial charge in [-0.05, 0) is 12.8 Å². The summed E-state index contributed by atoms with van der Waals surface area (Å²) in [5.41, 5.74) is 0. The van der Waals surface area contributed by atoms with E-state index in [1.54, 1.807) is 0 Å². The van der Waals surface area contributed by atoms with E-state index in [-0.39, 0.29) is 12.0 Å². The first-order valence-electron chi connectivity index (χ1n) is 6.93. The molecular formula is C13H26N3O2+. The monoisotopic (exact) mass is 256 g/mol. The molecule has 0 aromatic rings. The number of morpholine rings is 1. The van der Waals surface area contributed by atoms with Crippen LogP contribution in [0.4, 0.5) is 0 Å². The third-order valence-corrected chi connectivity index (χ3v) is 3.83. The van der Waals surface area contributed by atoms with E-state index in [2.05, 4.69) is 26.2 Å². The van der Waals surface area contributed by atoms with Gasteiger partial charge in [0.1, 0.15) is 0 Å². The zero-order valence-corrected chi connectivity index (χ0v) is 11.9. The van der Waals surface area contributed by atoms with Gasteiger partial charge in [-0.3, -0.25) is 9.39 Å². The third-order valence-electron chi connectivity index (χ3n) is 3.83. The van der Waals surface area contributed by atoms with Crippen molar-refractivity contribution < 1.29 is 14.1 Å². The van der Waals surface area contributed by atoms with Crippen LogP contribution in [0.25, 0.3) is 0 Å². The van der Waals surface area contributed by atoms with Crippen LogP contribution in [-0.4, -0.2) is 80.4 Å². The van der Waals surface area contributed by atoms with Gasteiger partial charge in [-0.25, -0.2) is 0 Å². The Morgan fingerprint density at radius 2 is 1.89 bits per heavy atom. The number of quaternary nitrogens is 1. The molecule has 2 aliphatic rings. The van der Waals surface area contributed by atoms with E-state index in [9.17, 15) is 4.79 Å². The first kappa shape index (κ1) is 13.8. The summed E-state index contributed by atoms with van der Waals surface area (Å²) in [5.74, 6) is 0.265. The summed E-state index contributed by atoms with van der Waals surface area (Å²) in [4.78, 5) is 14.1. The highest BCUT2D eigenvalue weighted by molar-refractivity contribution is 5.77. The molecule has 2 rings (SSSR count). The van der Waals surface area contributed by atoms with E-state index in [4.69, 9.17) is 4.74 Å². The van der Waals surface area contributed by atoms with Crippen molar-refractivity contribution in [1.82, 2.24) is 9.91 Å². The molecule has 2 fully saturated rings. The number of ether oxygens (including phenoxy) is 1. The third kappa shape index (κ3) is 3.43. The summed E-state index contributed by atoms with van der Waals surface area (Å²) >= 11 is 0. The Morgan fingerprint density at radius 3 is 2.50 bits per heavy atom. The quantitative estimate of drug-likeness (QED) is 0.682. The average molecular weight is 256 g/mol. The van der Waals surface area contributed by atoms with E-state index in [1.165, 1.54) is 0 Å². The van der Waals surface area contributed by atoms with Crippen LogP contribution in [-0.2, 0) is 9.53 Å². The maximum Gasteiger partial charge on any atom is 0.225 e. The molecule has 5 nitrogen and oxygen atoms in total. The number of likely N-dealkylation sites (tertiary alicyclic amines) is 1. The molecule has 1 unspecified atom stereocenters. The van der Waals surface area contributed by atoms with Gasteiger partial charge in [-0.15, -0.1) is 0 Å². The normalized spacial score (nSPS) is 26.6. The Bertz CT molecular complexity index is 295. The van der Waals surface area contributed by atoms with Crippen molar-refractivity contribution in [1.29, 1.82) is 0 Å². The van der Waals surface area contributed by atoms with E-state index in [0.29, 0.717) is 6.42 Å². The fourth-order valence-electron chi connectivity index (χ4n) is 2.66. The number of hydrogen-bond donors (Lipinski definition) is 0. The lowest BCUT2D eigenvalue weighted by Crippen LogP contribution is -2.58. The van der Waals surface area contributed by atoms with Crippen LogP contribution in [0.5, 0.6) is 0 Å². The highest BCUT2D eigenvalue weighted by atomic mass is 16.5. The summed E-state index contributed by atoms with van der Waals surface area (Å²) < 4.78 is 6.54. The van der Waals surface area contributed by atoms with Crippen molar-refractivity contribution in [3.8, 4) is 0 Å². The van der Waals surface area contributed by atoms with Gasteiger partial charge >= 0.3 is 0 Å². The second kappa shape index (κ2) is 5.55. The molecule has 0 aromatic heterocycles. The SMILES string of the molecule is C[N+](C)(C)N1CCOC(CC(=O)N2CCCC2)C1. The molecule has 1 atom stereocenters. The Labute approximate surface area is 110 Å². The lowest BCUT2D eigenvalue weighted by Gasteiger charge is -2.41.